The van der Waals surface area contributed by atoms with Gasteiger partial charge < -0.3 is 5.32 Å². The molecule has 0 saturated heterocycles. The van der Waals surface area contributed by atoms with Gasteiger partial charge in [-0.15, -0.1) is 11.8 Å². The highest BCUT2D eigenvalue weighted by Gasteiger charge is 2.39. The largest absolute Gasteiger partial charge is 0.319 e. The number of carbonyl (C=O) groups is 1. The SMILES string of the molecule is CSC1=C(C#N)C(c2ccccc2C)C(C#N)C(=O)N1. The van der Waals surface area contributed by atoms with Gasteiger partial charge in [0.1, 0.15) is 5.92 Å². The van der Waals surface area contributed by atoms with E-state index < -0.39 is 11.8 Å². The van der Waals surface area contributed by atoms with E-state index in [-0.39, 0.29) is 5.91 Å². The molecule has 100 valence electrons. The van der Waals surface area contributed by atoms with E-state index in [1.54, 1.807) is 6.26 Å². The third-order valence-corrected chi connectivity index (χ3v) is 4.13. The van der Waals surface area contributed by atoms with Gasteiger partial charge in [-0.25, -0.2) is 0 Å². The van der Waals surface area contributed by atoms with Crippen molar-refractivity contribution in [2.24, 2.45) is 5.92 Å². The van der Waals surface area contributed by atoms with Crippen LogP contribution in [-0.2, 0) is 4.79 Å². The topological polar surface area (TPSA) is 76.7 Å². The van der Waals surface area contributed by atoms with Crippen molar-refractivity contribution in [3.63, 3.8) is 0 Å². The highest BCUT2D eigenvalue weighted by atomic mass is 32.2. The Labute approximate surface area is 122 Å². The summed E-state index contributed by atoms with van der Waals surface area (Å²) in [4.78, 5) is 12.1. The molecule has 0 spiro atoms. The number of benzene rings is 1. The Morgan fingerprint density at radius 3 is 2.55 bits per heavy atom. The molecular formula is C15H13N3OS. The number of hydrogen-bond donors (Lipinski definition) is 1. The van der Waals surface area contributed by atoms with Crippen LogP contribution < -0.4 is 5.32 Å². The average Bonchev–Trinajstić information content (AvgIpc) is 2.46. The second-order valence-corrected chi connectivity index (χ2v) is 5.31. The quantitative estimate of drug-likeness (QED) is 0.904. The van der Waals surface area contributed by atoms with Crippen LogP contribution in [0.5, 0.6) is 0 Å². The Morgan fingerprint density at radius 2 is 2.00 bits per heavy atom. The molecule has 2 unspecified atom stereocenters. The molecule has 2 atom stereocenters. The van der Waals surface area contributed by atoms with Gasteiger partial charge in [-0.05, 0) is 24.3 Å². The maximum Gasteiger partial charge on any atom is 0.243 e. The number of allylic oxidation sites excluding steroid dienone is 1. The molecule has 1 aliphatic heterocycles. The van der Waals surface area contributed by atoms with Crippen molar-refractivity contribution >= 4 is 17.7 Å². The van der Waals surface area contributed by atoms with Crippen molar-refractivity contribution in [1.82, 2.24) is 5.32 Å². The summed E-state index contributed by atoms with van der Waals surface area (Å²) in [6.07, 6.45) is 1.80. The van der Waals surface area contributed by atoms with Gasteiger partial charge in [0, 0.05) is 5.92 Å². The fourth-order valence-electron chi connectivity index (χ4n) is 2.40. The van der Waals surface area contributed by atoms with Crippen molar-refractivity contribution < 1.29 is 4.79 Å². The monoisotopic (exact) mass is 283 g/mol. The van der Waals surface area contributed by atoms with Crippen LogP contribution in [0.15, 0.2) is 34.9 Å². The smallest absolute Gasteiger partial charge is 0.243 e. The van der Waals surface area contributed by atoms with E-state index >= 15 is 0 Å². The zero-order valence-corrected chi connectivity index (χ0v) is 12.0. The number of nitrogens with zero attached hydrogens (tertiary/aromatic N) is 2. The molecule has 1 heterocycles. The predicted octanol–water partition coefficient (Wildman–Crippen LogP) is 2.45. The number of thioether (sulfide) groups is 1. The van der Waals surface area contributed by atoms with E-state index in [9.17, 15) is 15.3 Å². The normalized spacial score (nSPS) is 21.9. The molecule has 0 aromatic heterocycles. The Hall–Kier alpha value is -2.24. The first-order valence-electron chi connectivity index (χ1n) is 6.08. The fourth-order valence-corrected chi connectivity index (χ4v) is 3.00. The van der Waals surface area contributed by atoms with Crippen molar-refractivity contribution in [2.45, 2.75) is 12.8 Å². The number of nitrogens with one attached hydrogen (secondary N) is 1. The summed E-state index contributed by atoms with van der Waals surface area (Å²) in [5.74, 6) is -1.71. The molecule has 1 N–H and O–H groups in total. The number of hydrogen-bond acceptors (Lipinski definition) is 4. The van der Waals surface area contributed by atoms with Crippen LogP contribution in [0, 0.1) is 35.5 Å². The average molecular weight is 283 g/mol. The molecule has 1 aromatic carbocycles. The Bertz CT molecular complexity index is 666. The van der Waals surface area contributed by atoms with E-state index in [1.807, 2.05) is 37.3 Å². The van der Waals surface area contributed by atoms with Crippen LogP contribution in [0.25, 0.3) is 0 Å². The summed E-state index contributed by atoms with van der Waals surface area (Å²) in [7, 11) is 0. The molecule has 0 aliphatic carbocycles. The Morgan fingerprint density at radius 1 is 1.30 bits per heavy atom. The molecule has 0 bridgehead atoms. The van der Waals surface area contributed by atoms with Crippen molar-refractivity contribution in [3.05, 3.63) is 46.0 Å². The first kappa shape index (κ1) is 14.2. The third-order valence-electron chi connectivity index (χ3n) is 3.40. The van der Waals surface area contributed by atoms with Crippen LogP contribution in [0.4, 0.5) is 0 Å². The van der Waals surface area contributed by atoms with Gasteiger partial charge in [0.25, 0.3) is 0 Å². The third kappa shape index (κ3) is 2.29. The first-order valence-corrected chi connectivity index (χ1v) is 7.30. The summed E-state index contributed by atoms with van der Waals surface area (Å²) in [6, 6.07) is 11.7. The van der Waals surface area contributed by atoms with Crippen LogP contribution in [0.3, 0.4) is 0 Å². The zero-order chi connectivity index (χ0) is 14.7. The van der Waals surface area contributed by atoms with E-state index in [0.29, 0.717) is 10.6 Å². The maximum atomic E-state index is 12.1. The summed E-state index contributed by atoms with van der Waals surface area (Å²) in [6.45, 7) is 1.92. The molecule has 4 nitrogen and oxygen atoms in total. The van der Waals surface area contributed by atoms with Crippen molar-refractivity contribution in [1.29, 1.82) is 10.5 Å². The van der Waals surface area contributed by atoms with Crippen molar-refractivity contribution in [3.8, 4) is 12.1 Å². The molecule has 0 saturated carbocycles. The second kappa shape index (κ2) is 5.81. The number of amides is 1. The molecule has 0 radical (unpaired) electrons. The van der Waals surface area contributed by atoms with Gasteiger partial charge in [-0.3, -0.25) is 4.79 Å². The number of carbonyl (C=O) groups excluding carboxylic acids is 1. The van der Waals surface area contributed by atoms with Crippen LogP contribution in [0.1, 0.15) is 17.0 Å². The Balaban J connectivity index is 2.67. The molecule has 2 rings (SSSR count). The van der Waals surface area contributed by atoms with Gasteiger partial charge in [0.2, 0.25) is 5.91 Å². The summed E-state index contributed by atoms with van der Waals surface area (Å²) < 4.78 is 0. The lowest BCUT2D eigenvalue weighted by Crippen LogP contribution is -2.38. The van der Waals surface area contributed by atoms with E-state index in [2.05, 4.69) is 11.4 Å². The predicted molar refractivity (Wildman–Crippen MR) is 77.3 cm³/mol. The molecule has 1 amide bonds. The lowest BCUT2D eigenvalue weighted by atomic mass is 9.78. The molecule has 20 heavy (non-hydrogen) atoms. The number of aryl methyl sites for hydroxylation is 1. The molecule has 5 heteroatoms. The van der Waals surface area contributed by atoms with Crippen LogP contribution in [0.2, 0.25) is 0 Å². The van der Waals surface area contributed by atoms with Crippen molar-refractivity contribution in [2.75, 3.05) is 6.26 Å². The highest BCUT2D eigenvalue weighted by Crippen LogP contribution is 2.39. The van der Waals surface area contributed by atoms with Gasteiger partial charge in [-0.2, -0.15) is 10.5 Å². The van der Waals surface area contributed by atoms with E-state index in [4.69, 9.17) is 0 Å². The lowest BCUT2D eigenvalue weighted by molar-refractivity contribution is -0.123. The fraction of sp³-hybridized carbons (Fsp3) is 0.267. The minimum absolute atomic E-state index is 0.343. The lowest BCUT2D eigenvalue weighted by Gasteiger charge is -2.29. The number of rotatable bonds is 2. The number of nitriles is 2. The molecule has 1 aliphatic rings. The summed E-state index contributed by atoms with van der Waals surface area (Å²) in [5.41, 5.74) is 2.29. The summed E-state index contributed by atoms with van der Waals surface area (Å²) in [5, 5.41) is 21.9. The molecule has 0 fully saturated rings. The standard InChI is InChI=1S/C15H13N3OS/c1-9-5-3-4-6-10(9)13-11(7-16)14(19)18-15(20-2)12(13)8-17/h3-6,11,13H,1-2H3,(H,18,19). The van der Waals surface area contributed by atoms with E-state index in [1.165, 1.54) is 11.8 Å². The second-order valence-electron chi connectivity index (χ2n) is 4.49. The van der Waals surface area contributed by atoms with Crippen LogP contribution >= 0.6 is 11.8 Å². The van der Waals surface area contributed by atoms with Crippen LogP contribution in [-0.4, -0.2) is 12.2 Å². The zero-order valence-electron chi connectivity index (χ0n) is 11.2. The Kier molecular flexibility index (Phi) is 4.12. The molecule has 1 aromatic rings. The minimum atomic E-state index is -0.873. The van der Waals surface area contributed by atoms with Gasteiger partial charge in [0.05, 0.1) is 22.7 Å². The summed E-state index contributed by atoms with van der Waals surface area (Å²) >= 11 is 1.31. The van der Waals surface area contributed by atoms with Gasteiger partial charge in [0.15, 0.2) is 0 Å². The van der Waals surface area contributed by atoms with Gasteiger partial charge >= 0.3 is 0 Å². The van der Waals surface area contributed by atoms with E-state index in [0.717, 1.165) is 11.1 Å². The highest BCUT2D eigenvalue weighted by molar-refractivity contribution is 8.02. The van der Waals surface area contributed by atoms with Gasteiger partial charge in [-0.1, -0.05) is 24.3 Å². The minimum Gasteiger partial charge on any atom is -0.319 e. The maximum absolute atomic E-state index is 12.1. The molecular weight excluding hydrogens is 270 g/mol. The first-order chi connectivity index (χ1) is 9.63.